The van der Waals surface area contributed by atoms with Crippen molar-refractivity contribution in [3.8, 4) is 0 Å². The predicted molar refractivity (Wildman–Crippen MR) is 176 cm³/mol. The Kier molecular flexibility index (Phi) is 12.8. The van der Waals surface area contributed by atoms with Gasteiger partial charge >= 0.3 is 0 Å². The molecule has 0 aliphatic carbocycles. The topological polar surface area (TPSA) is 155 Å². The van der Waals surface area contributed by atoms with Crippen LogP contribution in [0.1, 0.15) is 25.0 Å². The first kappa shape index (κ1) is 37.4. The lowest BCUT2D eigenvalue weighted by molar-refractivity contribution is -0.356. The molecule has 0 unspecified atom stereocenters. The van der Waals surface area contributed by atoms with Crippen molar-refractivity contribution in [2.75, 3.05) is 19.8 Å². The number of ether oxygens (including phenoxy) is 8. The van der Waals surface area contributed by atoms with Crippen molar-refractivity contribution in [2.45, 2.75) is 126 Å². The van der Waals surface area contributed by atoms with E-state index in [1.807, 2.05) is 60.7 Å². The second-order valence-corrected chi connectivity index (χ2v) is 20.0. The maximum Gasteiger partial charge on any atom is 0.187 e. The fourth-order valence-electron chi connectivity index (χ4n) is 6.07. The highest BCUT2D eigenvalue weighted by Crippen LogP contribution is 2.41. The Morgan fingerprint density at radius 2 is 1.42 bits per heavy atom. The molecular formula is C35H52O12Si. The van der Waals surface area contributed by atoms with E-state index in [0.29, 0.717) is 13.2 Å². The quantitative estimate of drug-likeness (QED) is 0.203. The Hall–Kier alpha value is -1.82. The van der Waals surface area contributed by atoms with E-state index < -0.39 is 88.0 Å². The molecule has 12 nitrogen and oxygen atoms in total. The van der Waals surface area contributed by atoms with Crippen LogP contribution in [0.2, 0.25) is 25.7 Å². The molecule has 2 aromatic carbocycles. The summed E-state index contributed by atoms with van der Waals surface area (Å²) in [5.41, 5.74) is 1.93. The second-order valence-electron chi connectivity index (χ2n) is 14.3. The molecule has 3 aliphatic rings. The molecule has 3 saturated heterocycles. The van der Waals surface area contributed by atoms with Crippen LogP contribution in [-0.2, 0) is 51.1 Å². The van der Waals surface area contributed by atoms with Gasteiger partial charge in [0.1, 0.15) is 54.9 Å². The van der Waals surface area contributed by atoms with Crippen LogP contribution in [0.15, 0.2) is 60.7 Å². The highest BCUT2D eigenvalue weighted by atomic mass is 28.3. The van der Waals surface area contributed by atoms with Crippen LogP contribution in [0.5, 0.6) is 0 Å². The van der Waals surface area contributed by atoms with Crippen LogP contribution in [0.25, 0.3) is 0 Å². The Balaban J connectivity index is 1.46. The molecule has 3 aliphatic heterocycles. The van der Waals surface area contributed by atoms with Crippen LogP contribution < -0.4 is 0 Å². The predicted octanol–water partition coefficient (Wildman–Crippen LogP) is 2.57. The summed E-state index contributed by atoms with van der Waals surface area (Å²) in [6.45, 7) is 10.9. The normalized spacial score (nSPS) is 34.1. The van der Waals surface area contributed by atoms with E-state index in [-0.39, 0.29) is 13.2 Å². The lowest BCUT2D eigenvalue weighted by atomic mass is 9.94. The molecule has 3 fully saturated rings. The van der Waals surface area contributed by atoms with Gasteiger partial charge in [0.05, 0.1) is 26.4 Å². The smallest absolute Gasteiger partial charge is 0.187 e. The molecule has 0 saturated carbocycles. The number of aliphatic hydroxyl groups is 4. The maximum atomic E-state index is 11.0. The summed E-state index contributed by atoms with van der Waals surface area (Å²) < 4.78 is 50.8. The first-order valence-corrected chi connectivity index (χ1v) is 20.4. The van der Waals surface area contributed by atoms with E-state index in [1.165, 1.54) is 0 Å². The zero-order valence-corrected chi connectivity index (χ0v) is 29.4. The third kappa shape index (κ3) is 9.69. The van der Waals surface area contributed by atoms with Gasteiger partial charge in [0.2, 0.25) is 0 Å². The summed E-state index contributed by atoms with van der Waals surface area (Å²) in [4.78, 5) is 0. The van der Waals surface area contributed by atoms with Crippen LogP contribution >= 0.6 is 0 Å². The number of hydrogen-bond acceptors (Lipinski definition) is 12. The second kappa shape index (κ2) is 16.5. The minimum atomic E-state index is -1.64. The van der Waals surface area contributed by atoms with Gasteiger partial charge in [0.25, 0.3) is 0 Å². The van der Waals surface area contributed by atoms with Gasteiger partial charge in [-0.05, 0) is 31.0 Å². The lowest BCUT2D eigenvalue weighted by Gasteiger charge is -2.47. The zero-order chi connectivity index (χ0) is 34.5. The lowest BCUT2D eigenvalue weighted by Crippen LogP contribution is -2.65. The SMILES string of the molecule is CC1(C)O[C@H]2[C@H](O[C@@H]3O[C@H](CO)[C@@H](O)[C@H](O)[C@H]3O)[C@@H]([C@H](COCc3ccccc3)OCc3ccccc3)O[C@H](OCC[Si](C)(C)C)[C@H]2O1. The van der Waals surface area contributed by atoms with E-state index in [2.05, 4.69) is 19.6 Å². The van der Waals surface area contributed by atoms with Crippen molar-refractivity contribution in [3.05, 3.63) is 71.8 Å². The molecule has 48 heavy (non-hydrogen) atoms. The summed E-state index contributed by atoms with van der Waals surface area (Å²) in [6.07, 6.45) is -12.4. The molecule has 2 aromatic rings. The first-order chi connectivity index (χ1) is 22.8. The Morgan fingerprint density at radius 3 is 2.04 bits per heavy atom. The van der Waals surface area contributed by atoms with E-state index in [1.54, 1.807) is 13.8 Å². The molecule has 0 amide bonds. The highest BCUT2D eigenvalue weighted by Gasteiger charge is 2.59. The van der Waals surface area contributed by atoms with E-state index >= 15 is 0 Å². The zero-order valence-electron chi connectivity index (χ0n) is 28.4. The van der Waals surface area contributed by atoms with Crippen LogP contribution in [0.4, 0.5) is 0 Å². The average molecular weight is 693 g/mol. The van der Waals surface area contributed by atoms with Crippen molar-refractivity contribution in [3.63, 3.8) is 0 Å². The van der Waals surface area contributed by atoms with E-state index in [9.17, 15) is 20.4 Å². The minimum Gasteiger partial charge on any atom is -0.394 e. The summed E-state index contributed by atoms with van der Waals surface area (Å²) in [5.74, 6) is -1.03. The highest BCUT2D eigenvalue weighted by molar-refractivity contribution is 6.76. The third-order valence-corrected chi connectivity index (χ3v) is 10.4. The molecule has 0 bridgehead atoms. The van der Waals surface area contributed by atoms with Gasteiger partial charge in [0.15, 0.2) is 18.4 Å². The number of rotatable bonds is 15. The molecule has 5 rings (SSSR count). The van der Waals surface area contributed by atoms with Crippen molar-refractivity contribution < 1.29 is 58.3 Å². The maximum absolute atomic E-state index is 11.0. The molecule has 3 heterocycles. The number of aliphatic hydroxyl groups excluding tert-OH is 4. The molecule has 0 aromatic heterocycles. The summed E-state index contributed by atoms with van der Waals surface area (Å²) in [7, 11) is -1.45. The third-order valence-electron chi connectivity index (χ3n) is 8.71. The monoisotopic (exact) mass is 692 g/mol. The van der Waals surface area contributed by atoms with Gasteiger partial charge in [-0.1, -0.05) is 80.3 Å². The summed E-state index contributed by atoms with van der Waals surface area (Å²) >= 11 is 0. The van der Waals surface area contributed by atoms with Crippen molar-refractivity contribution in [1.29, 1.82) is 0 Å². The molecule has 268 valence electrons. The molecule has 11 atom stereocenters. The standard InChI is InChI=1S/C35H52O12Si/c1-35(2)46-31-30(45-33-28(39)27(38)26(37)24(18-36)43-33)29(44-34(32(31)47-35)41-16-17-48(3,4)5)25(42-20-23-14-10-7-11-15-23)21-40-19-22-12-8-6-9-13-22/h6-15,24-34,36-39H,16-21H2,1-5H3/t24-,25+,26-,27+,28-,29-,30-,31+,32+,33+,34+/m1/s1. The minimum absolute atomic E-state index is 0.101. The molecule has 13 heteroatoms. The summed E-state index contributed by atoms with van der Waals surface area (Å²) in [5, 5.41) is 41.8. The first-order valence-electron chi connectivity index (χ1n) is 16.7. The van der Waals surface area contributed by atoms with Gasteiger partial charge in [-0.25, -0.2) is 0 Å². The number of benzene rings is 2. The van der Waals surface area contributed by atoms with E-state index in [4.69, 9.17) is 37.9 Å². The van der Waals surface area contributed by atoms with Crippen molar-refractivity contribution in [2.24, 2.45) is 0 Å². The van der Waals surface area contributed by atoms with Gasteiger partial charge < -0.3 is 58.3 Å². The van der Waals surface area contributed by atoms with Gasteiger partial charge in [-0.15, -0.1) is 0 Å². The van der Waals surface area contributed by atoms with Crippen LogP contribution in [0.3, 0.4) is 0 Å². The van der Waals surface area contributed by atoms with Crippen molar-refractivity contribution in [1.82, 2.24) is 0 Å². The molecule has 0 radical (unpaired) electrons. The average Bonchev–Trinajstić information content (AvgIpc) is 3.39. The van der Waals surface area contributed by atoms with Gasteiger partial charge in [-0.2, -0.15) is 0 Å². The Bertz CT molecular complexity index is 1250. The number of hydrogen-bond donors (Lipinski definition) is 4. The largest absolute Gasteiger partial charge is 0.394 e. The summed E-state index contributed by atoms with van der Waals surface area (Å²) in [6, 6.07) is 20.4. The Morgan fingerprint density at radius 1 is 0.792 bits per heavy atom. The van der Waals surface area contributed by atoms with Gasteiger partial charge in [-0.3, -0.25) is 0 Å². The van der Waals surface area contributed by atoms with E-state index in [0.717, 1.165) is 17.2 Å². The van der Waals surface area contributed by atoms with Crippen molar-refractivity contribution >= 4 is 8.07 Å². The fourth-order valence-corrected chi connectivity index (χ4v) is 6.80. The van der Waals surface area contributed by atoms with Crippen LogP contribution in [-0.4, -0.2) is 122 Å². The van der Waals surface area contributed by atoms with Gasteiger partial charge in [0, 0.05) is 14.7 Å². The molecule has 0 spiro atoms. The van der Waals surface area contributed by atoms with Crippen LogP contribution in [0, 0.1) is 0 Å². The molecule has 4 N–H and O–H groups in total. The fraction of sp³-hybridized carbons (Fsp3) is 0.657. The molecular weight excluding hydrogens is 640 g/mol. The Labute approximate surface area is 283 Å². The number of fused-ring (bicyclic) bond motifs is 1.